The number of rotatable bonds is 3. The molecule has 1 amide bonds. The maximum absolute atomic E-state index is 11.8. The summed E-state index contributed by atoms with van der Waals surface area (Å²) in [4.78, 5) is 11.8. The lowest BCUT2D eigenvalue weighted by molar-refractivity contribution is 0.0952. The lowest BCUT2D eigenvalue weighted by Crippen LogP contribution is -2.17. The van der Waals surface area contributed by atoms with Crippen molar-refractivity contribution in [1.82, 2.24) is 5.43 Å². The molecule has 0 spiro atoms. The summed E-state index contributed by atoms with van der Waals surface area (Å²) < 4.78 is 1.04. The van der Waals surface area contributed by atoms with Gasteiger partial charge in [-0.2, -0.15) is 5.10 Å². The minimum Gasteiger partial charge on any atom is -0.507 e. The number of benzene rings is 2. The average Bonchev–Trinajstić information content (AvgIpc) is 2.41. The van der Waals surface area contributed by atoms with E-state index in [9.17, 15) is 9.90 Å². The topological polar surface area (TPSA) is 61.7 Å². The number of hydrogen-bond acceptors (Lipinski definition) is 3. The number of phenolic OH excluding ortho intramolecular Hbond substituents is 1. The Bertz CT molecular complexity index is 626. The first kappa shape index (κ1) is 13.5. The predicted octanol–water partition coefficient (Wildman–Crippen LogP) is 2.76. The Morgan fingerprint density at radius 2 is 1.84 bits per heavy atom. The molecule has 0 aliphatic rings. The van der Waals surface area contributed by atoms with Crippen molar-refractivity contribution in [3.05, 3.63) is 63.2 Å². The van der Waals surface area contributed by atoms with E-state index >= 15 is 0 Å². The zero-order chi connectivity index (χ0) is 13.7. The average molecular weight is 366 g/mol. The third-order valence-corrected chi connectivity index (χ3v) is 3.41. The van der Waals surface area contributed by atoms with E-state index in [1.807, 2.05) is 24.3 Å². The number of halogens is 1. The summed E-state index contributed by atoms with van der Waals surface area (Å²) in [6, 6.07) is 14.0. The van der Waals surface area contributed by atoms with Crippen molar-refractivity contribution < 1.29 is 9.90 Å². The second kappa shape index (κ2) is 6.33. The molecule has 0 radical (unpaired) electrons. The van der Waals surface area contributed by atoms with E-state index in [0.29, 0.717) is 0 Å². The zero-order valence-corrected chi connectivity index (χ0v) is 12.0. The van der Waals surface area contributed by atoms with Gasteiger partial charge in [-0.05, 0) is 40.8 Å². The van der Waals surface area contributed by atoms with Crippen molar-refractivity contribution >= 4 is 34.7 Å². The second-order valence-corrected chi connectivity index (χ2v) is 4.90. The first-order chi connectivity index (χ1) is 9.18. The zero-order valence-electron chi connectivity index (χ0n) is 9.88. The Kier molecular flexibility index (Phi) is 4.51. The molecule has 0 heterocycles. The lowest BCUT2D eigenvalue weighted by Gasteiger charge is -2.02. The van der Waals surface area contributed by atoms with Crippen LogP contribution in [0.2, 0.25) is 0 Å². The lowest BCUT2D eigenvalue weighted by atomic mass is 10.2. The van der Waals surface area contributed by atoms with E-state index < -0.39 is 5.91 Å². The van der Waals surface area contributed by atoms with Crippen LogP contribution < -0.4 is 5.43 Å². The van der Waals surface area contributed by atoms with Crippen molar-refractivity contribution in [1.29, 1.82) is 0 Å². The molecule has 2 N–H and O–H groups in total. The van der Waals surface area contributed by atoms with Crippen molar-refractivity contribution in [2.75, 3.05) is 0 Å². The van der Waals surface area contributed by atoms with Crippen molar-refractivity contribution in [2.45, 2.75) is 0 Å². The minimum absolute atomic E-state index is 0.0653. The van der Waals surface area contributed by atoms with Crippen LogP contribution in [0.1, 0.15) is 15.9 Å². The fraction of sp³-hybridized carbons (Fsp3) is 0. The van der Waals surface area contributed by atoms with E-state index in [4.69, 9.17) is 0 Å². The van der Waals surface area contributed by atoms with E-state index in [1.54, 1.807) is 18.3 Å². The highest BCUT2D eigenvalue weighted by molar-refractivity contribution is 14.1. The molecule has 0 saturated heterocycles. The molecular weight excluding hydrogens is 355 g/mol. The Morgan fingerprint density at radius 1 is 1.16 bits per heavy atom. The minimum atomic E-state index is -0.444. The largest absolute Gasteiger partial charge is 0.507 e. The SMILES string of the molecule is O=C(NN=Cc1ccccc1I)c1ccccc1O. The molecule has 0 aliphatic carbocycles. The molecule has 0 aromatic heterocycles. The number of aromatic hydroxyl groups is 1. The van der Waals surface area contributed by atoms with E-state index in [1.165, 1.54) is 12.1 Å². The van der Waals surface area contributed by atoms with E-state index in [-0.39, 0.29) is 11.3 Å². The third kappa shape index (κ3) is 3.54. The van der Waals surface area contributed by atoms with Gasteiger partial charge < -0.3 is 5.11 Å². The van der Waals surface area contributed by atoms with Gasteiger partial charge in [0.15, 0.2) is 0 Å². The van der Waals surface area contributed by atoms with Gasteiger partial charge in [-0.15, -0.1) is 0 Å². The van der Waals surface area contributed by atoms with Gasteiger partial charge in [-0.3, -0.25) is 4.79 Å². The molecule has 0 aliphatic heterocycles. The molecule has 5 heteroatoms. The van der Waals surface area contributed by atoms with Crippen LogP contribution in [0.25, 0.3) is 0 Å². The van der Waals surface area contributed by atoms with Gasteiger partial charge >= 0.3 is 0 Å². The molecule has 4 nitrogen and oxygen atoms in total. The van der Waals surface area contributed by atoms with Gasteiger partial charge in [-0.25, -0.2) is 5.43 Å². The van der Waals surface area contributed by atoms with Crippen LogP contribution in [0.4, 0.5) is 0 Å². The molecule has 2 aromatic carbocycles. The van der Waals surface area contributed by atoms with Crippen LogP contribution in [0.15, 0.2) is 53.6 Å². The molecule has 2 aromatic rings. The number of para-hydroxylation sites is 1. The van der Waals surface area contributed by atoms with Crippen LogP contribution in [0.5, 0.6) is 5.75 Å². The number of hydrogen-bond donors (Lipinski definition) is 2. The molecule has 0 bridgehead atoms. The molecule has 0 atom stereocenters. The van der Waals surface area contributed by atoms with Crippen LogP contribution >= 0.6 is 22.6 Å². The summed E-state index contributed by atoms with van der Waals surface area (Å²) in [7, 11) is 0. The molecular formula is C14H11IN2O2. The fourth-order valence-electron chi connectivity index (χ4n) is 1.47. The smallest absolute Gasteiger partial charge is 0.275 e. The van der Waals surface area contributed by atoms with Crippen LogP contribution in [-0.4, -0.2) is 17.2 Å². The van der Waals surface area contributed by atoms with Crippen LogP contribution in [-0.2, 0) is 0 Å². The number of nitrogens with one attached hydrogen (secondary N) is 1. The highest BCUT2D eigenvalue weighted by Gasteiger charge is 2.08. The monoisotopic (exact) mass is 366 g/mol. The first-order valence-corrected chi connectivity index (χ1v) is 6.62. The van der Waals surface area contributed by atoms with Gasteiger partial charge in [0.05, 0.1) is 11.8 Å². The summed E-state index contributed by atoms with van der Waals surface area (Å²) in [5.74, 6) is -0.509. The van der Waals surface area contributed by atoms with Gasteiger partial charge in [0.1, 0.15) is 5.75 Å². The van der Waals surface area contributed by atoms with Crippen molar-refractivity contribution in [2.24, 2.45) is 5.10 Å². The van der Waals surface area contributed by atoms with E-state index in [2.05, 4.69) is 33.1 Å². The molecule has 0 fully saturated rings. The number of nitrogens with zero attached hydrogens (tertiary/aromatic N) is 1. The first-order valence-electron chi connectivity index (χ1n) is 5.54. The van der Waals surface area contributed by atoms with Gasteiger partial charge in [0, 0.05) is 9.13 Å². The number of hydrazone groups is 1. The highest BCUT2D eigenvalue weighted by Crippen LogP contribution is 2.15. The number of carbonyl (C=O) groups is 1. The Balaban J connectivity index is 2.06. The predicted molar refractivity (Wildman–Crippen MR) is 82.3 cm³/mol. The maximum atomic E-state index is 11.8. The van der Waals surface area contributed by atoms with Crippen molar-refractivity contribution in [3.8, 4) is 5.75 Å². The summed E-state index contributed by atoms with van der Waals surface area (Å²) in [5.41, 5.74) is 3.50. The number of amides is 1. The quantitative estimate of drug-likeness (QED) is 0.499. The Morgan fingerprint density at radius 3 is 2.58 bits per heavy atom. The third-order valence-electron chi connectivity index (χ3n) is 2.42. The molecule has 2 rings (SSSR count). The normalized spacial score (nSPS) is 10.6. The molecule has 0 saturated carbocycles. The summed E-state index contributed by atoms with van der Waals surface area (Å²) in [5, 5.41) is 13.4. The summed E-state index contributed by atoms with van der Waals surface area (Å²) in [6.07, 6.45) is 1.57. The van der Waals surface area contributed by atoms with Crippen LogP contribution in [0, 0.1) is 3.57 Å². The number of phenols is 1. The second-order valence-electron chi connectivity index (χ2n) is 3.74. The molecule has 19 heavy (non-hydrogen) atoms. The molecule has 96 valence electrons. The maximum Gasteiger partial charge on any atom is 0.275 e. The Labute approximate surface area is 124 Å². The van der Waals surface area contributed by atoms with E-state index in [0.717, 1.165) is 9.13 Å². The van der Waals surface area contributed by atoms with Gasteiger partial charge in [-0.1, -0.05) is 30.3 Å². The van der Waals surface area contributed by atoms with Crippen molar-refractivity contribution in [3.63, 3.8) is 0 Å². The van der Waals surface area contributed by atoms with Gasteiger partial charge in [0.25, 0.3) is 5.91 Å². The van der Waals surface area contributed by atoms with Gasteiger partial charge in [0.2, 0.25) is 0 Å². The standard InChI is InChI=1S/C14H11IN2O2/c15-12-7-3-1-5-10(12)9-16-17-14(19)11-6-2-4-8-13(11)18/h1-9,18H,(H,17,19). The highest BCUT2D eigenvalue weighted by atomic mass is 127. The summed E-state index contributed by atoms with van der Waals surface area (Å²) in [6.45, 7) is 0. The Hall–Kier alpha value is -1.89. The number of carbonyl (C=O) groups excluding carboxylic acids is 1. The van der Waals surface area contributed by atoms with Crippen LogP contribution in [0.3, 0.4) is 0 Å². The fourth-order valence-corrected chi connectivity index (χ4v) is 1.99. The molecule has 0 unspecified atom stereocenters. The summed E-state index contributed by atoms with van der Waals surface area (Å²) >= 11 is 2.19.